The van der Waals surface area contributed by atoms with Crippen molar-refractivity contribution in [1.29, 1.82) is 0 Å². The molecule has 0 amide bonds. The van der Waals surface area contributed by atoms with Crippen molar-refractivity contribution in [1.82, 2.24) is 0 Å². The van der Waals surface area contributed by atoms with Crippen molar-refractivity contribution >= 4 is 0 Å². The molecule has 0 heterocycles. The summed E-state index contributed by atoms with van der Waals surface area (Å²) in [5.74, 6) is 0. The quantitative estimate of drug-likeness (QED) is 0.469. The molecule has 0 aliphatic heterocycles. The van der Waals surface area contributed by atoms with Gasteiger partial charge in [-0.3, -0.25) is 0 Å². The van der Waals surface area contributed by atoms with Gasteiger partial charge in [-0.1, -0.05) is 0 Å². The highest BCUT2D eigenvalue weighted by Gasteiger charge is 2.34. The summed E-state index contributed by atoms with van der Waals surface area (Å²) < 4.78 is 15.9. The first-order valence-electron chi connectivity index (χ1n) is 6.40. The number of rotatable bonds is 11. The molecule has 0 fully saturated rings. The van der Waals surface area contributed by atoms with Crippen molar-refractivity contribution in [3.05, 3.63) is 0 Å². The fourth-order valence-corrected chi connectivity index (χ4v) is 1.67. The summed E-state index contributed by atoms with van der Waals surface area (Å²) in [5, 5.41) is 28.7. The molecule has 0 aliphatic carbocycles. The molecule has 0 saturated heterocycles. The molecule has 0 bridgehead atoms. The van der Waals surface area contributed by atoms with Crippen LogP contribution in [0.3, 0.4) is 0 Å². The molecule has 110 valence electrons. The molecule has 0 spiro atoms. The maximum Gasteiger partial charge on any atom is 0.114 e. The second kappa shape index (κ2) is 10.7. The Labute approximate surface area is 108 Å². The molecule has 0 rings (SSSR count). The fourth-order valence-electron chi connectivity index (χ4n) is 1.67. The lowest BCUT2D eigenvalue weighted by Gasteiger charge is -2.32. The van der Waals surface area contributed by atoms with E-state index >= 15 is 0 Å². The molecule has 4 atom stereocenters. The van der Waals surface area contributed by atoms with E-state index in [1.807, 2.05) is 6.92 Å². The molecule has 0 radical (unpaired) electrons. The lowest BCUT2D eigenvalue weighted by Crippen LogP contribution is -2.50. The van der Waals surface area contributed by atoms with Gasteiger partial charge in [0.05, 0.1) is 13.2 Å². The van der Waals surface area contributed by atoms with Gasteiger partial charge in [0.25, 0.3) is 0 Å². The van der Waals surface area contributed by atoms with Crippen LogP contribution in [-0.4, -0.2) is 72.8 Å². The van der Waals surface area contributed by atoms with Crippen molar-refractivity contribution in [2.45, 2.75) is 45.2 Å². The zero-order valence-electron chi connectivity index (χ0n) is 11.4. The second-order valence-electron chi connectivity index (χ2n) is 3.82. The smallest absolute Gasteiger partial charge is 0.114 e. The van der Waals surface area contributed by atoms with Crippen molar-refractivity contribution in [2.24, 2.45) is 0 Å². The van der Waals surface area contributed by atoms with Crippen molar-refractivity contribution in [3.63, 3.8) is 0 Å². The summed E-state index contributed by atoms with van der Waals surface area (Å²) in [6, 6.07) is 0. The van der Waals surface area contributed by atoms with Gasteiger partial charge in [0.2, 0.25) is 0 Å². The van der Waals surface area contributed by atoms with E-state index < -0.39 is 31.0 Å². The minimum absolute atomic E-state index is 0.100. The van der Waals surface area contributed by atoms with E-state index in [9.17, 15) is 10.2 Å². The number of aliphatic hydroxyl groups is 3. The standard InChI is InChI=1S/C12H26O6/c1-4-16-8-10(15)12(18-6-3)11(17-5-2)9(14)7-13/h9-15H,4-8H2,1-3H3/t9-,10+,11+,12-/m0/s1. The molecule has 18 heavy (non-hydrogen) atoms. The largest absolute Gasteiger partial charge is 0.394 e. The molecule has 0 aromatic rings. The van der Waals surface area contributed by atoms with Crippen molar-refractivity contribution in [2.75, 3.05) is 33.0 Å². The zero-order valence-corrected chi connectivity index (χ0v) is 11.4. The monoisotopic (exact) mass is 266 g/mol. The number of ether oxygens (including phenoxy) is 3. The highest BCUT2D eigenvalue weighted by molar-refractivity contribution is 4.83. The van der Waals surface area contributed by atoms with E-state index in [4.69, 9.17) is 19.3 Å². The fraction of sp³-hybridized carbons (Fsp3) is 1.00. The van der Waals surface area contributed by atoms with Crippen molar-refractivity contribution in [3.8, 4) is 0 Å². The van der Waals surface area contributed by atoms with Gasteiger partial charge < -0.3 is 29.5 Å². The average molecular weight is 266 g/mol. The third-order valence-corrected chi connectivity index (χ3v) is 2.48. The third-order valence-electron chi connectivity index (χ3n) is 2.48. The van der Waals surface area contributed by atoms with E-state index in [2.05, 4.69) is 0 Å². The van der Waals surface area contributed by atoms with Gasteiger partial charge in [-0.15, -0.1) is 0 Å². The topological polar surface area (TPSA) is 88.4 Å². The van der Waals surface area contributed by atoms with Crippen LogP contribution in [0.5, 0.6) is 0 Å². The Morgan fingerprint density at radius 3 is 1.72 bits per heavy atom. The van der Waals surface area contributed by atoms with Gasteiger partial charge in [-0.05, 0) is 20.8 Å². The van der Waals surface area contributed by atoms with Gasteiger partial charge in [-0.25, -0.2) is 0 Å². The Balaban J connectivity index is 4.66. The lowest BCUT2D eigenvalue weighted by atomic mass is 10.0. The van der Waals surface area contributed by atoms with Crippen LogP contribution in [0.4, 0.5) is 0 Å². The van der Waals surface area contributed by atoms with Crippen LogP contribution in [0.1, 0.15) is 20.8 Å². The first-order chi connectivity index (χ1) is 8.62. The molecule has 0 unspecified atom stereocenters. The molecule has 0 aromatic heterocycles. The molecule has 3 N–H and O–H groups in total. The Morgan fingerprint density at radius 1 is 0.833 bits per heavy atom. The van der Waals surface area contributed by atoms with E-state index in [1.165, 1.54) is 0 Å². The maximum absolute atomic E-state index is 9.99. The molecule has 0 aliphatic rings. The van der Waals surface area contributed by atoms with Crippen LogP contribution >= 0.6 is 0 Å². The van der Waals surface area contributed by atoms with Gasteiger partial charge in [0, 0.05) is 19.8 Å². The first kappa shape index (κ1) is 17.8. The predicted molar refractivity (Wildman–Crippen MR) is 66.4 cm³/mol. The number of hydrogen-bond donors (Lipinski definition) is 3. The molecular formula is C12H26O6. The SMILES string of the molecule is CCOC[C@@H](O)[C@H](OCC)[C@H](OCC)[C@@H](O)CO. The molecule has 6 heteroatoms. The summed E-state index contributed by atoms with van der Waals surface area (Å²) >= 11 is 0. The summed E-state index contributed by atoms with van der Waals surface area (Å²) in [7, 11) is 0. The summed E-state index contributed by atoms with van der Waals surface area (Å²) in [4.78, 5) is 0. The predicted octanol–water partition coefficient (Wildman–Crippen LogP) is -0.453. The minimum Gasteiger partial charge on any atom is -0.394 e. The molecule has 6 nitrogen and oxygen atoms in total. The Bertz CT molecular complexity index is 189. The van der Waals surface area contributed by atoms with E-state index in [0.717, 1.165) is 0 Å². The van der Waals surface area contributed by atoms with E-state index in [0.29, 0.717) is 19.8 Å². The lowest BCUT2D eigenvalue weighted by molar-refractivity contribution is -0.169. The Hall–Kier alpha value is -0.240. The maximum atomic E-state index is 9.99. The van der Waals surface area contributed by atoms with Crippen molar-refractivity contribution < 1.29 is 29.5 Å². The van der Waals surface area contributed by atoms with Crippen LogP contribution in [0.2, 0.25) is 0 Å². The molecular weight excluding hydrogens is 240 g/mol. The average Bonchev–Trinajstić information content (AvgIpc) is 2.39. The summed E-state index contributed by atoms with van der Waals surface area (Å²) in [6.07, 6.45) is -3.53. The first-order valence-corrected chi connectivity index (χ1v) is 6.40. The highest BCUT2D eigenvalue weighted by atomic mass is 16.6. The number of hydrogen-bond acceptors (Lipinski definition) is 6. The third kappa shape index (κ3) is 6.08. The summed E-state index contributed by atoms with van der Waals surface area (Å²) in [5.41, 5.74) is 0. The van der Waals surface area contributed by atoms with Crippen LogP contribution in [0.25, 0.3) is 0 Å². The molecule has 0 aromatic carbocycles. The minimum atomic E-state index is -1.10. The highest BCUT2D eigenvalue weighted by Crippen LogP contribution is 2.14. The van der Waals surface area contributed by atoms with E-state index in [1.54, 1.807) is 13.8 Å². The number of aliphatic hydroxyl groups excluding tert-OH is 3. The molecule has 0 saturated carbocycles. The van der Waals surface area contributed by atoms with Crippen LogP contribution in [0, 0.1) is 0 Å². The zero-order chi connectivity index (χ0) is 14.0. The normalized spacial score (nSPS) is 18.3. The van der Waals surface area contributed by atoms with Gasteiger partial charge in [-0.2, -0.15) is 0 Å². The van der Waals surface area contributed by atoms with Gasteiger partial charge in [0.15, 0.2) is 0 Å². The Morgan fingerprint density at radius 2 is 1.33 bits per heavy atom. The summed E-state index contributed by atoms with van der Waals surface area (Å²) in [6.45, 7) is 6.24. The van der Waals surface area contributed by atoms with E-state index in [-0.39, 0.29) is 6.61 Å². The van der Waals surface area contributed by atoms with Gasteiger partial charge >= 0.3 is 0 Å². The van der Waals surface area contributed by atoms with Gasteiger partial charge in [0.1, 0.15) is 24.4 Å². The van der Waals surface area contributed by atoms with Crippen LogP contribution in [-0.2, 0) is 14.2 Å². The van der Waals surface area contributed by atoms with Crippen LogP contribution in [0.15, 0.2) is 0 Å². The van der Waals surface area contributed by atoms with Crippen LogP contribution < -0.4 is 0 Å². The second-order valence-corrected chi connectivity index (χ2v) is 3.82. The Kier molecular flexibility index (Phi) is 10.5.